The Morgan fingerprint density at radius 2 is 1.24 bits per heavy atom. The zero-order chi connectivity index (χ0) is 52.6. The standard InChI is InChI=1S/2C18H14N4O11S2.Cr/c1-8(23)19-10-3-2-9-4-15(35(31,32)33)16(17(24)12(9)5-10)21-20-13-6-11(34(28,29)30)7-14(18(13)25)22(26)27;1-8(23)19-10-3-2-9-4-14(34(28,29)30)16(17(24)12(9)5-10)21-20-13-6-11(22(26)27)7-15(18(13)25)35(31,32)33;/h2*2-7,24-25H,1H3,(H,19,23)(H,28,29,30)(H,31,32,33);/p+5. The normalized spacial score (nSPS) is 12.4. The van der Waals surface area contributed by atoms with Gasteiger partial charge in [-0.05, 0) is 41.1 Å². The van der Waals surface area contributed by atoms with Crippen molar-refractivity contribution in [2.24, 2.45) is 15.3 Å². The van der Waals surface area contributed by atoms with Crippen molar-refractivity contribution in [1.82, 2.24) is 0 Å². The monoisotopic (exact) mass is 1110 g/mol. The van der Waals surface area contributed by atoms with E-state index in [2.05, 4.69) is 30.8 Å². The number of non-ortho nitro benzene ring substituents is 1. The fraction of sp³-hybridized carbons (Fsp3) is 0.0556. The molecule has 0 saturated heterocycles. The number of benzene rings is 6. The molecule has 0 aromatic heterocycles. The van der Waals surface area contributed by atoms with Crippen molar-refractivity contribution in [3.63, 3.8) is 0 Å². The summed E-state index contributed by atoms with van der Waals surface area (Å²) in [6, 6.07) is 12.3. The van der Waals surface area contributed by atoms with Crippen LogP contribution in [0.2, 0.25) is 0 Å². The smallest absolute Gasteiger partial charge is 0.470 e. The summed E-state index contributed by atoms with van der Waals surface area (Å²) in [5.41, 5.74) is -4.37. The van der Waals surface area contributed by atoms with Crippen molar-refractivity contribution in [3.05, 3.63) is 93.0 Å². The molecule has 0 aliphatic carbocycles. The molecule has 6 aromatic carbocycles. The first-order chi connectivity index (χ1) is 32.2. The number of nitro groups is 2. The van der Waals surface area contributed by atoms with E-state index in [1.165, 1.54) is 50.2 Å². The van der Waals surface area contributed by atoms with Crippen LogP contribution in [0.1, 0.15) is 13.8 Å². The molecular weight excluding hydrogens is 1080 g/mol. The third-order valence-electron chi connectivity index (χ3n) is 9.01. The van der Waals surface area contributed by atoms with Gasteiger partial charge in [0.05, 0.1) is 15.2 Å². The SMILES string of the molecule is CC(=O)Nc1ccc2cc(S(=O)(=O)O)c(N=Nc3cc([N+](=O)[O-])cc(S(=O)(=O)O)c3O)c(O)c2c1.CC([OH2+])=[NH+]c1ccc2cc(S(=O)(=O)O)c([NH+]=Nc3cc(S(=O)(=O)O)cc([N+](=O)[O-])c3[OH2+])c([OH2+])c2c1.[Cr]. The summed E-state index contributed by atoms with van der Waals surface area (Å²) < 4.78 is 131. The van der Waals surface area contributed by atoms with Crippen molar-refractivity contribution < 1.29 is 120 Å². The molecule has 35 heteroatoms. The Hall–Kier alpha value is -7.85. The molecule has 0 unspecified atom stereocenters. The van der Waals surface area contributed by atoms with Gasteiger partial charge < -0.3 is 30.8 Å². The first-order valence-electron chi connectivity index (χ1n) is 18.2. The fourth-order valence-electron chi connectivity index (χ4n) is 6.04. The minimum Gasteiger partial charge on any atom is -0.588 e. The van der Waals surface area contributed by atoms with Gasteiger partial charge in [0.25, 0.3) is 36.0 Å². The van der Waals surface area contributed by atoms with Crippen LogP contribution in [0, 0.1) is 20.2 Å². The van der Waals surface area contributed by atoms with Crippen molar-refractivity contribution in [1.29, 1.82) is 0 Å². The zero-order valence-corrected chi connectivity index (χ0v) is 39.7. The summed E-state index contributed by atoms with van der Waals surface area (Å²) in [4.78, 5) is 30.2. The average Bonchev–Trinajstić information content (AvgIpc) is 3.22. The van der Waals surface area contributed by atoms with Crippen molar-refractivity contribution in [3.8, 4) is 23.0 Å². The summed E-state index contributed by atoms with van der Waals surface area (Å²) in [6.07, 6.45) is 0. The quantitative estimate of drug-likeness (QED) is 0.0159. The summed E-state index contributed by atoms with van der Waals surface area (Å²) in [7, 11) is -20.1. The van der Waals surface area contributed by atoms with Crippen LogP contribution in [0.5, 0.6) is 23.0 Å². The molecule has 1 amide bonds. The predicted molar refractivity (Wildman–Crippen MR) is 239 cm³/mol. The number of rotatable bonds is 12. The predicted octanol–water partition coefficient (Wildman–Crippen LogP) is 1.49. The van der Waals surface area contributed by atoms with Gasteiger partial charge in [-0.1, -0.05) is 11.2 Å². The van der Waals surface area contributed by atoms with Crippen molar-refractivity contribution in [2.75, 3.05) is 5.32 Å². The number of azo groups is 2. The molecule has 0 bridgehead atoms. The molecule has 15 N–H and O–H groups in total. The van der Waals surface area contributed by atoms with Crippen LogP contribution in [0.4, 0.5) is 45.5 Å². The van der Waals surface area contributed by atoms with E-state index in [9.17, 15) is 87.1 Å². The van der Waals surface area contributed by atoms with Gasteiger partial charge in [-0.25, -0.2) is 0 Å². The van der Waals surface area contributed by atoms with Crippen LogP contribution >= 0.6 is 0 Å². The molecule has 0 aliphatic heterocycles. The Morgan fingerprint density at radius 3 is 1.77 bits per heavy atom. The van der Waals surface area contributed by atoms with Crippen LogP contribution in [0.25, 0.3) is 21.5 Å². The van der Waals surface area contributed by atoms with Crippen LogP contribution in [0.15, 0.2) is 108 Å². The molecule has 0 heterocycles. The van der Waals surface area contributed by atoms with Gasteiger partial charge in [0.15, 0.2) is 16.4 Å². The van der Waals surface area contributed by atoms with Crippen LogP contribution in [0.3, 0.4) is 0 Å². The molecule has 0 spiro atoms. The number of aromatic hydroxyl groups is 2. The Balaban J connectivity index is 0.000000304. The Morgan fingerprint density at radius 1 is 0.662 bits per heavy atom. The Bertz CT molecular complexity index is 3810. The topological polar surface area (TPSA) is 507 Å². The molecular formula is C36H33CrN8O22S4+5. The number of carbonyl (C=O) groups excluding carboxylic acids is 1. The molecule has 0 saturated carbocycles. The molecule has 71 heavy (non-hydrogen) atoms. The van der Waals surface area contributed by atoms with Gasteiger partial charge in [0.1, 0.15) is 33.0 Å². The number of nitrogens with zero attached hydrogens (tertiary/aromatic N) is 5. The minimum atomic E-state index is -5.15. The van der Waals surface area contributed by atoms with Crippen molar-refractivity contribution >= 4 is 119 Å². The second kappa shape index (κ2) is 20.6. The molecule has 374 valence electrons. The summed E-state index contributed by atoms with van der Waals surface area (Å²) >= 11 is 0. The van der Waals surface area contributed by atoms with Gasteiger partial charge in [-0.2, -0.15) is 33.7 Å². The molecule has 6 aromatic rings. The molecule has 6 rings (SSSR count). The van der Waals surface area contributed by atoms with Crippen molar-refractivity contribution in [2.45, 2.75) is 33.4 Å². The Labute approximate surface area is 407 Å². The summed E-state index contributed by atoms with van der Waals surface area (Å²) in [5, 5.41) is 82.5. The van der Waals surface area contributed by atoms with E-state index in [1.54, 1.807) is 0 Å². The van der Waals surface area contributed by atoms with E-state index in [-0.39, 0.29) is 50.5 Å². The van der Waals surface area contributed by atoms with Gasteiger partial charge >= 0.3 is 38.9 Å². The van der Waals surface area contributed by atoms with E-state index in [0.717, 1.165) is 12.1 Å². The van der Waals surface area contributed by atoms with Gasteiger partial charge in [-0.3, -0.25) is 43.2 Å². The second-order valence-corrected chi connectivity index (χ2v) is 19.6. The van der Waals surface area contributed by atoms with Gasteiger partial charge in [0, 0.05) is 76.9 Å². The number of phenols is 2. The molecule has 0 radical (unpaired) electrons. The fourth-order valence-corrected chi connectivity index (χ4v) is 8.52. The molecule has 30 nitrogen and oxygen atoms in total. The number of nitro benzene ring substituents is 2. The van der Waals surface area contributed by atoms with Gasteiger partial charge in [0.2, 0.25) is 17.3 Å². The largest absolute Gasteiger partial charge is 0.588 e. The number of amides is 1. The first kappa shape index (κ1) is 55.7. The number of nitrogens with one attached hydrogen (secondary N) is 3. The first-order valence-corrected chi connectivity index (χ1v) is 24.0. The Kier molecular flexibility index (Phi) is 16.2. The number of hydrogen-bond acceptors (Lipinski definition) is 18. The van der Waals surface area contributed by atoms with E-state index >= 15 is 0 Å². The van der Waals surface area contributed by atoms with E-state index in [0.29, 0.717) is 30.0 Å². The van der Waals surface area contributed by atoms with Crippen LogP contribution < -0.4 is 15.4 Å². The number of fused-ring (bicyclic) bond motifs is 2. The molecule has 0 aliphatic rings. The minimum absolute atomic E-state index is 0. The zero-order valence-electron chi connectivity index (χ0n) is 35.2. The van der Waals surface area contributed by atoms with Crippen LogP contribution in [-0.2, 0) is 62.6 Å². The maximum atomic E-state index is 12.0. The maximum absolute atomic E-state index is 12.0. The maximum Gasteiger partial charge on any atom is 0.470 e. The molecule has 0 atom stereocenters. The van der Waals surface area contributed by atoms with Gasteiger partial charge in [-0.15, -0.1) is 15.2 Å². The number of phenolic OH excluding ortho intramolecular Hbond substituents is 2. The number of carbonyl (C=O) groups is 1. The third-order valence-corrected chi connectivity index (χ3v) is 12.4. The van der Waals surface area contributed by atoms with Crippen LogP contribution in [-0.4, -0.2) is 99.1 Å². The third kappa shape index (κ3) is 12.9. The summed E-state index contributed by atoms with van der Waals surface area (Å²) in [5.74, 6) is -3.84. The molecule has 0 fully saturated rings. The average molecular weight is 1110 g/mol. The van der Waals surface area contributed by atoms with E-state index in [1.807, 2.05) is 0 Å². The number of anilines is 1. The van der Waals surface area contributed by atoms with E-state index < -0.39 is 133 Å². The number of hydrogen-bond donors (Lipinski definition) is 9. The van der Waals surface area contributed by atoms with E-state index in [4.69, 9.17) is 15.3 Å². The second-order valence-electron chi connectivity index (χ2n) is 14.0. The summed E-state index contributed by atoms with van der Waals surface area (Å²) in [6.45, 7) is 2.69.